The second kappa shape index (κ2) is 6.93. The molecule has 0 atom stereocenters. The minimum absolute atomic E-state index is 0.0573. The number of hydrogen-bond acceptors (Lipinski definition) is 3. The van der Waals surface area contributed by atoms with Crippen LogP contribution in [-0.4, -0.2) is 10.8 Å². The van der Waals surface area contributed by atoms with Gasteiger partial charge in [0.15, 0.2) is 5.78 Å². The number of hydrogen-bond donors (Lipinski definition) is 0. The second-order valence-corrected chi connectivity index (χ2v) is 7.31. The molecule has 0 fully saturated rings. The summed E-state index contributed by atoms with van der Waals surface area (Å²) in [6.45, 7) is 7.80. The van der Waals surface area contributed by atoms with Gasteiger partial charge in [0.05, 0.1) is 5.69 Å². The fourth-order valence-corrected chi connectivity index (χ4v) is 2.84. The van der Waals surface area contributed by atoms with Crippen LogP contribution in [0.5, 0.6) is 0 Å². The normalized spacial score (nSPS) is 12.3. The van der Waals surface area contributed by atoms with Crippen molar-refractivity contribution in [3.05, 3.63) is 60.2 Å². The molecule has 0 saturated heterocycles. The van der Waals surface area contributed by atoms with Crippen LogP contribution in [0.4, 0.5) is 5.69 Å². The molecular formula is C19H21NOS. The topological polar surface area (TPSA) is 29.4 Å². The summed E-state index contributed by atoms with van der Waals surface area (Å²) < 4.78 is 0. The summed E-state index contributed by atoms with van der Waals surface area (Å²) in [6, 6.07) is 17.8. The lowest BCUT2D eigenvalue weighted by atomic mass is 9.91. The molecule has 2 aromatic carbocycles. The van der Waals surface area contributed by atoms with E-state index in [0.717, 1.165) is 10.6 Å². The fourth-order valence-electron chi connectivity index (χ4n) is 1.78. The molecule has 0 aliphatic heterocycles. The lowest BCUT2D eigenvalue weighted by Gasteiger charge is -2.17. The molecule has 0 saturated carbocycles. The summed E-state index contributed by atoms with van der Waals surface area (Å²) >= 11 is 1.42. The van der Waals surface area contributed by atoms with Crippen molar-refractivity contribution in [2.24, 2.45) is 10.4 Å². The van der Waals surface area contributed by atoms with E-state index in [9.17, 15) is 4.79 Å². The van der Waals surface area contributed by atoms with E-state index in [1.807, 2.05) is 82.3 Å². The molecule has 2 nitrogen and oxygen atoms in total. The lowest BCUT2D eigenvalue weighted by molar-refractivity contribution is -0.119. The number of carbonyl (C=O) groups excluding carboxylic acids is 1. The van der Waals surface area contributed by atoms with Crippen LogP contribution in [0.2, 0.25) is 0 Å². The summed E-state index contributed by atoms with van der Waals surface area (Å²) in [4.78, 5) is 18.3. The van der Waals surface area contributed by atoms with Gasteiger partial charge in [-0.25, -0.2) is 4.99 Å². The van der Waals surface area contributed by atoms with E-state index in [-0.39, 0.29) is 5.78 Å². The first-order valence-electron chi connectivity index (χ1n) is 7.29. The predicted molar refractivity (Wildman–Crippen MR) is 95.0 cm³/mol. The Morgan fingerprint density at radius 2 is 1.55 bits per heavy atom. The molecule has 0 spiro atoms. The van der Waals surface area contributed by atoms with Gasteiger partial charge in [-0.15, -0.1) is 0 Å². The number of thioether (sulfide) groups is 1. The summed E-state index contributed by atoms with van der Waals surface area (Å²) in [5.74, 6) is 0.0573. The third kappa shape index (κ3) is 4.57. The Bertz CT molecular complexity index is 667. The van der Waals surface area contributed by atoms with Crippen LogP contribution in [0.25, 0.3) is 0 Å². The number of rotatable bonds is 3. The van der Waals surface area contributed by atoms with E-state index in [1.54, 1.807) is 0 Å². The minimum atomic E-state index is -0.453. The Kier molecular flexibility index (Phi) is 5.19. The number of aryl methyl sites for hydroxylation is 1. The summed E-state index contributed by atoms with van der Waals surface area (Å²) in [5.41, 5.74) is 1.53. The average molecular weight is 311 g/mol. The van der Waals surface area contributed by atoms with Crippen molar-refractivity contribution in [3.8, 4) is 0 Å². The van der Waals surface area contributed by atoms with E-state index in [2.05, 4.69) is 4.99 Å². The molecular weight excluding hydrogens is 290 g/mol. The van der Waals surface area contributed by atoms with Crippen molar-refractivity contribution in [3.63, 3.8) is 0 Å². The number of benzene rings is 2. The molecule has 0 N–H and O–H groups in total. The highest BCUT2D eigenvalue weighted by Crippen LogP contribution is 2.28. The standard InChI is InChI=1S/C19H21NOS/c1-14-10-12-15(13-11-14)20-18(17(21)19(2,3)4)22-16-8-6-5-7-9-16/h5-13H,1-4H3. The van der Waals surface area contributed by atoms with Crippen LogP contribution in [-0.2, 0) is 4.79 Å². The molecule has 22 heavy (non-hydrogen) atoms. The van der Waals surface area contributed by atoms with Gasteiger partial charge in [-0.1, -0.05) is 68.4 Å². The van der Waals surface area contributed by atoms with Gasteiger partial charge in [-0.05, 0) is 31.2 Å². The van der Waals surface area contributed by atoms with Crippen molar-refractivity contribution in [1.29, 1.82) is 0 Å². The van der Waals surface area contributed by atoms with Crippen molar-refractivity contribution in [2.45, 2.75) is 32.6 Å². The van der Waals surface area contributed by atoms with Gasteiger partial charge in [-0.2, -0.15) is 0 Å². The van der Waals surface area contributed by atoms with E-state index < -0.39 is 5.41 Å². The maximum atomic E-state index is 12.7. The van der Waals surface area contributed by atoms with Gasteiger partial charge >= 0.3 is 0 Å². The molecule has 2 rings (SSSR count). The largest absolute Gasteiger partial charge is 0.291 e. The third-order valence-electron chi connectivity index (χ3n) is 3.10. The van der Waals surface area contributed by atoms with Gasteiger partial charge in [0, 0.05) is 10.3 Å². The van der Waals surface area contributed by atoms with Gasteiger partial charge < -0.3 is 0 Å². The molecule has 0 unspecified atom stereocenters. The van der Waals surface area contributed by atoms with Gasteiger partial charge in [0.1, 0.15) is 5.04 Å². The average Bonchev–Trinajstić information content (AvgIpc) is 2.48. The molecule has 114 valence electrons. The lowest BCUT2D eigenvalue weighted by Crippen LogP contribution is -2.26. The zero-order valence-corrected chi connectivity index (χ0v) is 14.3. The maximum absolute atomic E-state index is 12.7. The van der Waals surface area contributed by atoms with Gasteiger partial charge in [0.2, 0.25) is 0 Å². The zero-order valence-electron chi connectivity index (χ0n) is 13.5. The predicted octanol–water partition coefficient (Wildman–Crippen LogP) is 5.43. The highest BCUT2D eigenvalue weighted by molar-refractivity contribution is 8.15. The number of Topliss-reactive ketones (excluding diaryl/α,β-unsaturated/α-hetero) is 1. The smallest absolute Gasteiger partial charge is 0.193 e. The van der Waals surface area contributed by atoms with E-state index >= 15 is 0 Å². The maximum Gasteiger partial charge on any atom is 0.193 e. The van der Waals surface area contributed by atoms with Crippen LogP contribution in [0, 0.1) is 12.3 Å². The van der Waals surface area contributed by atoms with Crippen molar-refractivity contribution in [2.75, 3.05) is 0 Å². The number of carbonyl (C=O) groups is 1. The Morgan fingerprint density at radius 1 is 0.955 bits per heavy atom. The first-order valence-corrected chi connectivity index (χ1v) is 8.11. The van der Waals surface area contributed by atoms with Gasteiger partial charge in [0.25, 0.3) is 0 Å². The number of ketones is 1. The van der Waals surface area contributed by atoms with Crippen LogP contribution < -0.4 is 0 Å². The molecule has 2 aromatic rings. The van der Waals surface area contributed by atoms with Crippen molar-refractivity contribution >= 4 is 28.3 Å². The highest BCUT2D eigenvalue weighted by atomic mass is 32.2. The Morgan fingerprint density at radius 3 is 2.09 bits per heavy atom. The van der Waals surface area contributed by atoms with Crippen LogP contribution in [0.1, 0.15) is 26.3 Å². The Balaban J connectivity index is 2.37. The van der Waals surface area contributed by atoms with E-state index in [0.29, 0.717) is 5.04 Å². The van der Waals surface area contributed by atoms with E-state index in [1.165, 1.54) is 17.3 Å². The highest BCUT2D eigenvalue weighted by Gasteiger charge is 2.27. The second-order valence-electron chi connectivity index (χ2n) is 6.25. The first-order chi connectivity index (χ1) is 10.4. The summed E-state index contributed by atoms with van der Waals surface area (Å²) in [5, 5.41) is 0.530. The van der Waals surface area contributed by atoms with Crippen LogP contribution in [0.15, 0.2) is 64.5 Å². The summed E-state index contributed by atoms with van der Waals surface area (Å²) in [6.07, 6.45) is 0. The Labute approximate surface area is 136 Å². The van der Waals surface area contributed by atoms with Crippen LogP contribution >= 0.6 is 11.8 Å². The molecule has 0 aromatic heterocycles. The zero-order chi connectivity index (χ0) is 16.2. The number of aliphatic imine (C=N–C) groups is 1. The molecule has 0 amide bonds. The van der Waals surface area contributed by atoms with Crippen molar-refractivity contribution < 1.29 is 4.79 Å². The molecule has 3 heteroatoms. The third-order valence-corrected chi connectivity index (χ3v) is 4.08. The van der Waals surface area contributed by atoms with Gasteiger partial charge in [-0.3, -0.25) is 4.79 Å². The molecule has 0 heterocycles. The SMILES string of the molecule is Cc1ccc(N=C(Sc2ccccc2)C(=O)C(C)(C)C)cc1. The molecule has 0 aliphatic carbocycles. The van der Waals surface area contributed by atoms with Crippen molar-refractivity contribution in [1.82, 2.24) is 0 Å². The van der Waals surface area contributed by atoms with E-state index in [4.69, 9.17) is 0 Å². The van der Waals surface area contributed by atoms with Crippen LogP contribution in [0.3, 0.4) is 0 Å². The molecule has 0 aliphatic rings. The molecule has 0 bridgehead atoms. The quantitative estimate of drug-likeness (QED) is 0.429. The number of nitrogens with zero attached hydrogens (tertiary/aromatic N) is 1. The first kappa shape index (κ1) is 16.5. The molecule has 0 radical (unpaired) electrons. The Hall–Kier alpha value is -1.87. The monoisotopic (exact) mass is 311 g/mol. The fraction of sp³-hybridized carbons (Fsp3) is 0.263. The minimum Gasteiger partial charge on any atom is -0.291 e. The summed E-state index contributed by atoms with van der Waals surface area (Å²) in [7, 11) is 0.